The van der Waals surface area contributed by atoms with E-state index in [9.17, 15) is 9.18 Å². The lowest BCUT2D eigenvalue weighted by Gasteiger charge is -1.99. The molecule has 0 bridgehead atoms. The van der Waals surface area contributed by atoms with Crippen LogP contribution in [0, 0.1) is 12.7 Å². The minimum atomic E-state index is -0.469. The van der Waals surface area contributed by atoms with Gasteiger partial charge in [0.25, 0.3) is 0 Å². The largest absolute Gasteiger partial charge is 0.461 e. The van der Waals surface area contributed by atoms with Crippen molar-refractivity contribution in [2.24, 2.45) is 0 Å². The lowest BCUT2D eigenvalue weighted by Crippen LogP contribution is -2.06. The molecule has 0 unspecified atom stereocenters. The molecule has 0 aliphatic carbocycles. The van der Waals surface area contributed by atoms with Crippen molar-refractivity contribution in [1.82, 2.24) is 9.97 Å². The van der Waals surface area contributed by atoms with E-state index in [0.717, 1.165) is 0 Å². The molecule has 19 heavy (non-hydrogen) atoms. The van der Waals surface area contributed by atoms with E-state index >= 15 is 0 Å². The Hall–Kier alpha value is -1.69. The van der Waals surface area contributed by atoms with Crippen LogP contribution in [0.4, 0.5) is 4.39 Å². The third kappa shape index (κ3) is 2.84. The van der Waals surface area contributed by atoms with Gasteiger partial charge >= 0.3 is 5.97 Å². The maximum absolute atomic E-state index is 13.2. The fourth-order valence-corrected chi connectivity index (χ4v) is 2.02. The minimum Gasteiger partial charge on any atom is -0.461 e. The van der Waals surface area contributed by atoms with E-state index in [0.29, 0.717) is 28.2 Å². The summed E-state index contributed by atoms with van der Waals surface area (Å²) in [6.45, 7) is 3.77. The molecule has 0 atom stereocenters. The first-order valence-corrected chi connectivity index (χ1v) is 6.51. The number of hydrogen-bond acceptors (Lipinski definition) is 3. The third-order valence-corrected chi connectivity index (χ3v) is 3.15. The highest BCUT2D eigenvalue weighted by molar-refractivity contribution is 9.10. The second kappa shape index (κ2) is 5.52. The van der Waals surface area contributed by atoms with Gasteiger partial charge in [0.2, 0.25) is 0 Å². The molecule has 1 aromatic carbocycles. The zero-order chi connectivity index (χ0) is 14.0. The number of H-pyrrole nitrogens is 1. The Kier molecular flexibility index (Phi) is 3.99. The van der Waals surface area contributed by atoms with Crippen LogP contribution in [0.5, 0.6) is 0 Å². The first kappa shape index (κ1) is 13.7. The van der Waals surface area contributed by atoms with Crippen LogP contribution in [-0.2, 0) is 4.74 Å². The highest BCUT2D eigenvalue weighted by Crippen LogP contribution is 2.24. The summed E-state index contributed by atoms with van der Waals surface area (Å²) in [7, 11) is 0. The second-order valence-corrected chi connectivity index (χ2v) is 4.76. The molecule has 0 saturated heterocycles. The molecule has 0 saturated carbocycles. The zero-order valence-electron chi connectivity index (χ0n) is 10.5. The highest BCUT2D eigenvalue weighted by atomic mass is 79.9. The standard InChI is InChI=1S/C13H12BrFN2O2/c1-3-19-13(18)11-7(2)16-12(17-11)8-4-5-10(15)9(14)6-8/h4-6H,3H2,1-2H3,(H,16,17). The van der Waals surface area contributed by atoms with Gasteiger partial charge in [-0.25, -0.2) is 14.2 Å². The maximum atomic E-state index is 13.2. The number of halogens is 2. The molecule has 1 N–H and O–H groups in total. The summed E-state index contributed by atoms with van der Waals surface area (Å²) in [4.78, 5) is 18.8. The van der Waals surface area contributed by atoms with Crippen molar-refractivity contribution in [1.29, 1.82) is 0 Å². The Morgan fingerprint density at radius 1 is 1.53 bits per heavy atom. The van der Waals surface area contributed by atoms with Crippen molar-refractivity contribution in [3.8, 4) is 11.4 Å². The van der Waals surface area contributed by atoms with E-state index in [4.69, 9.17) is 4.74 Å². The predicted octanol–water partition coefficient (Wildman–Crippen LogP) is 3.46. The molecule has 0 spiro atoms. The summed E-state index contributed by atoms with van der Waals surface area (Å²) in [6, 6.07) is 4.52. The molecule has 0 aliphatic rings. The molecule has 100 valence electrons. The van der Waals surface area contributed by atoms with Gasteiger partial charge in [0.15, 0.2) is 5.69 Å². The molecule has 0 amide bonds. The van der Waals surface area contributed by atoms with Crippen LogP contribution < -0.4 is 0 Å². The van der Waals surface area contributed by atoms with Crippen LogP contribution >= 0.6 is 15.9 Å². The molecule has 0 radical (unpaired) electrons. The molecule has 4 nitrogen and oxygen atoms in total. The topological polar surface area (TPSA) is 55.0 Å². The number of benzene rings is 1. The summed E-state index contributed by atoms with van der Waals surface area (Å²) in [5.41, 5.74) is 1.55. The number of nitrogens with zero attached hydrogens (tertiary/aromatic N) is 1. The van der Waals surface area contributed by atoms with Gasteiger partial charge in [-0.15, -0.1) is 0 Å². The van der Waals surface area contributed by atoms with Crippen LogP contribution in [0.3, 0.4) is 0 Å². The number of rotatable bonds is 3. The lowest BCUT2D eigenvalue weighted by molar-refractivity contribution is 0.0519. The number of aromatic nitrogens is 2. The van der Waals surface area contributed by atoms with Gasteiger partial charge in [-0.2, -0.15) is 0 Å². The van der Waals surface area contributed by atoms with Crippen molar-refractivity contribution in [3.63, 3.8) is 0 Å². The number of carbonyl (C=O) groups excluding carboxylic acids is 1. The number of imidazole rings is 1. The van der Waals surface area contributed by atoms with Crippen molar-refractivity contribution >= 4 is 21.9 Å². The van der Waals surface area contributed by atoms with E-state index in [2.05, 4.69) is 25.9 Å². The number of aryl methyl sites for hydroxylation is 1. The SMILES string of the molecule is CCOC(=O)c1nc(-c2ccc(F)c(Br)c2)[nH]c1C. The summed E-state index contributed by atoms with van der Waals surface area (Å²) in [5, 5.41) is 0. The monoisotopic (exact) mass is 326 g/mol. The van der Waals surface area contributed by atoms with E-state index < -0.39 is 5.97 Å². The summed E-state index contributed by atoms with van der Waals surface area (Å²) in [6.07, 6.45) is 0. The molecule has 1 aromatic heterocycles. The average Bonchev–Trinajstić information content (AvgIpc) is 2.75. The summed E-state index contributed by atoms with van der Waals surface area (Å²) >= 11 is 3.11. The molecular weight excluding hydrogens is 315 g/mol. The zero-order valence-corrected chi connectivity index (χ0v) is 12.0. The Morgan fingerprint density at radius 2 is 2.26 bits per heavy atom. The minimum absolute atomic E-state index is 0.247. The van der Waals surface area contributed by atoms with E-state index in [1.54, 1.807) is 26.0 Å². The van der Waals surface area contributed by atoms with Crippen molar-refractivity contribution in [2.75, 3.05) is 6.61 Å². The third-order valence-electron chi connectivity index (χ3n) is 2.55. The Bertz CT molecular complexity index is 625. The fourth-order valence-electron chi connectivity index (χ4n) is 1.64. The van der Waals surface area contributed by atoms with Crippen molar-refractivity contribution in [3.05, 3.63) is 39.9 Å². The number of hydrogen-bond donors (Lipinski definition) is 1. The van der Waals surface area contributed by atoms with E-state index in [1.165, 1.54) is 6.07 Å². The van der Waals surface area contributed by atoms with Crippen molar-refractivity contribution in [2.45, 2.75) is 13.8 Å². The molecule has 1 heterocycles. The molecule has 0 fully saturated rings. The average molecular weight is 327 g/mol. The molecule has 6 heteroatoms. The van der Waals surface area contributed by atoms with Crippen LogP contribution in [0.25, 0.3) is 11.4 Å². The van der Waals surface area contributed by atoms with Gasteiger partial charge in [-0.05, 0) is 48.0 Å². The van der Waals surface area contributed by atoms with Gasteiger partial charge in [0, 0.05) is 11.3 Å². The number of ether oxygens (including phenoxy) is 1. The molecule has 0 aliphatic heterocycles. The normalized spacial score (nSPS) is 10.5. The summed E-state index contributed by atoms with van der Waals surface area (Å²) in [5.74, 6) is -0.317. The Morgan fingerprint density at radius 3 is 2.89 bits per heavy atom. The first-order chi connectivity index (χ1) is 9.02. The molecular formula is C13H12BrFN2O2. The van der Waals surface area contributed by atoms with Gasteiger partial charge in [0.05, 0.1) is 11.1 Å². The lowest BCUT2D eigenvalue weighted by atomic mass is 10.2. The number of carbonyl (C=O) groups is 1. The van der Waals surface area contributed by atoms with E-state index in [1.807, 2.05) is 0 Å². The second-order valence-electron chi connectivity index (χ2n) is 3.91. The van der Waals surface area contributed by atoms with Gasteiger partial charge < -0.3 is 9.72 Å². The number of aromatic amines is 1. The summed E-state index contributed by atoms with van der Waals surface area (Å²) < 4.78 is 18.4. The van der Waals surface area contributed by atoms with Crippen molar-refractivity contribution < 1.29 is 13.9 Å². The Balaban J connectivity index is 2.38. The van der Waals surface area contributed by atoms with Crippen LogP contribution in [0.15, 0.2) is 22.7 Å². The Labute approximate surface area is 118 Å². The van der Waals surface area contributed by atoms with E-state index in [-0.39, 0.29) is 11.5 Å². The predicted molar refractivity (Wildman–Crippen MR) is 72.4 cm³/mol. The first-order valence-electron chi connectivity index (χ1n) is 5.72. The molecule has 2 rings (SSSR count). The van der Waals surface area contributed by atoms with Gasteiger partial charge in [-0.1, -0.05) is 0 Å². The smallest absolute Gasteiger partial charge is 0.358 e. The van der Waals surface area contributed by atoms with Crippen LogP contribution in [0.2, 0.25) is 0 Å². The van der Waals surface area contributed by atoms with Gasteiger partial charge in [-0.3, -0.25) is 0 Å². The van der Waals surface area contributed by atoms with Crippen LogP contribution in [-0.4, -0.2) is 22.5 Å². The van der Waals surface area contributed by atoms with Gasteiger partial charge in [0.1, 0.15) is 11.6 Å². The van der Waals surface area contributed by atoms with Crippen LogP contribution in [0.1, 0.15) is 23.1 Å². The maximum Gasteiger partial charge on any atom is 0.358 e. The number of esters is 1. The molecule has 2 aromatic rings. The number of nitrogens with one attached hydrogen (secondary N) is 1. The fraction of sp³-hybridized carbons (Fsp3) is 0.231. The highest BCUT2D eigenvalue weighted by Gasteiger charge is 2.17. The quantitative estimate of drug-likeness (QED) is 0.879.